The molecular weight excluding hydrogens is 255 g/mol. The summed E-state index contributed by atoms with van der Waals surface area (Å²) in [5, 5.41) is 8.43. The molecule has 0 saturated heterocycles. The topological polar surface area (TPSA) is 23.8 Å². The molecule has 11 heavy (non-hydrogen) atoms. The molecule has 53 valence electrons. The normalized spacial score (nSPS) is 13.7. The van der Waals surface area contributed by atoms with E-state index in [0.717, 1.165) is 5.57 Å². The van der Waals surface area contributed by atoms with Crippen LogP contribution in [0, 0.1) is 17.8 Å². The van der Waals surface area contributed by atoms with Crippen LogP contribution in [-0.2, 0) is 19.5 Å². The third-order valence-corrected chi connectivity index (χ3v) is 1.14. The Bertz CT molecular complexity index is 235. The first kappa shape index (κ1) is 13.4. The quantitative estimate of drug-likeness (QED) is 0.501. The number of nitrogens with zero attached hydrogens (tertiary/aromatic N) is 1. The van der Waals surface area contributed by atoms with Crippen LogP contribution in [0.25, 0.3) is 0 Å². The molecule has 0 fully saturated rings. The number of hydrogen-bond acceptors (Lipinski definition) is 1. The molecule has 1 rings (SSSR count). The van der Waals surface area contributed by atoms with Crippen LogP contribution >= 0.6 is 0 Å². The van der Waals surface area contributed by atoms with Gasteiger partial charge in [0.1, 0.15) is 0 Å². The summed E-state index contributed by atoms with van der Waals surface area (Å²) in [6.45, 7) is 3.67. The van der Waals surface area contributed by atoms with Gasteiger partial charge in [0.2, 0.25) is 0 Å². The first-order valence-corrected chi connectivity index (χ1v) is 2.65. The summed E-state index contributed by atoms with van der Waals surface area (Å²) < 4.78 is 0. The fraction of sp³-hybridized carbons (Fsp3) is 0. The molecule has 0 saturated carbocycles. The van der Waals surface area contributed by atoms with E-state index in [9.17, 15) is 0 Å². The Kier molecular flexibility index (Phi) is 7.95. The second-order valence-corrected chi connectivity index (χ2v) is 1.77. The molecule has 0 atom stereocenters. The number of rotatable bonds is 0. The first-order chi connectivity index (χ1) is 4.34. The molecule has 1 aliphatic carbocycles. The van der Waals surface area contributed by atoms with Crippen molar-refractivity contribution in [3.05, 3.63) is 42.4 Å². The van der Waals surface area contributed by atoms with Gasteiger partial charge in [0.25, 0.3) is 0 Å². The van der Waals surface area contributed by atoms with Gasteiger partial charge in [0, 0.05) is 25.9 Å². The molecule has 0 aromatic heterocycles. The molecule has 0 aromatic rings. The maximum Gasteiger partial charge on any atom is 0.0994 e. The van der Waals surface area contributed by atoms with Crippen LogP contribution in [0.2, 0.25) is 0 Å². The third kappa shape index (κ3) is 3.65. The van der Waals surface area contributed by atoms with Crippen molar-refractivity contribution in [3.8, 4) is 6.07 Å². The number of nitriles is 1. The Labute approximate surface area is 90.0 Å². The zero-order valence-electron chi connectivity index (χ0n) is 6.05. The van der Waals surface area contributed by atoms with Crippen molar-refractivity contribution in [1.29, 1.82) is 5.26 Å². The predicted octanol–water partition coefficient (Wildman–Crippen LogP) is -1.23. The van der Waals surface area contributed by atoms with Gasteiger partial charge in [-0.3, -0.25) is 0 Å². The fourth-order valence-electron chi connectivity index (χ4n) is 0.629. The monoisotopic (exact) mass is 259 g/mol. The molecule has 1 aliphatic rings. The van der Waals surface area contributed by atoms with Gasteiger partial charge < -0.3 is 17.0 Å². The molecule has 0 spiro atoms. The largest absolute Gasteiger partial charge is 1.00 e. The van der Waals surface area contributed by atoms with Gasteiger partial charge in [0.15, 0.2) is 0 Å². The van der Waals surface area contributed by atoms with Crippen LogP contribution in [0.1, 0.15) is 0 Å². The SMILES string of the molecule is C=C1[CH]C=CC=C1C#N.[Br-].[Zn]. The Balaban J connectivity index is 0. The van der Waals surface area contributed by atoms with E-state index in [0.29, 0.717) is 5.57 Å². The van der Waals surface area contributed by atoms with Crippen LogP contribution < -0.4 is 17.0 Å². The van der Waals surface area contributed by atoms with E-state index in [1.54, 1.807) is 6.08 Å². The fourth-order valence-corrected chi connectivity index (χ4v) is 0.629. The van der Waals surface area contributed by atoms with E-state index in [1.807, 2.05) is 24.6 Å². The summed E-state index contributed by atoms with van der Waals surface area (Å²) in [5.41, 5.74) is 1.44. The molecule has 3 heteroatoms. The number of allylic oxidation sites excluding steroid dienone is 5. The molecule has 0 bridgehead atoms. The zero-order chi connectivity index (χ0) is 6.69. The molecule has 0 N–H and O–H groups in total. The van der Waals surface area contributed by atoms with Gasteiger partial charge in [-0.2, -0.15) is 5.26 Å². The van der Waals surface area contributed by atoms with Gasteiger partial charge in [-0.1, -0.05) is 18.7 Å². The summed E-state index contributed by atoms with van der Waals surface area (Å²) in [4.78, 5) is 0. The molecule has 0 heterocycles. The average molecular weight is 261 g/mol. The van der Waals surface area contributed by atoms with Crippen LogP contribution in [0.15, 0.2) is 36.0 Å². The molecule has 0 unspecified atom stereocenters. The maximum absolute atomic E-state index is 8.43. The van der Waals surface area contributed by atoms with E-state index in [2.05, 4.69) is 6.58 Å². The van der Waals surface area contributed by atoms with Gasteiger partial charge in [-0.15, -0.1) is 0 Å². The molecule has 1 nitrogen and oxygen atoms in total. The Morgan fingerprint density at radius 1 is 1.36 bits per heavy atom. The number of hydrogen-bond donors (Lipinski definition) is 0. The Morgan fingerprint density at radius 3 is 2.36 bits per heavy atom. The Morgan fingerprint density at radius 2 is 2.00 bits per heavy atom. The summed E-state index contributed by atoms with van der Waals surface area (Å²) in [6, 6.07) is 2.03. The second-order valence-electron chi connectivity index (χ2n) is 1.77. The smallest absolute Gasteiger partial charge is 0.0994 e. The van der Waals surface area contributed by atoms with Gasteiger partial charge in [-0.05, 0) is 11.6 Å². The van der Waals surface area contributed by atoms with E-state index >= 15 is 0 Å². The Hall–Kier alpha value is -0.187. The summed E-state index contributed by atoms with van der Waals surface area (Å²) in [5.74, 6) is 0. The van der Waals surface area contributed by atoms with E-state index in [4.69, 9.17) is 5.26 Å². The molecule has 0 amide bonds. The van der Waals surface area contributed by atoms with Crippen molar-refractivity contribution in [1.82, 2.24) is 0 Å². The van der Waals surface area contributed by atoms with Crippen molar-refractivity contribution in [2.75, 3.05) is 0 Å². The van der Waals surface area contributed by atoms with Crippen LogP contribution in [0.5, 0.6) is 0 Å². The standard InChI is InChI=1S/C8H6N.BrH.Zn/c1-7-4-2-3-5-8(7)6-9;;/h2-5H,1H2;1H;/p-1. The minimum atomic E-state index is 0. The molecule has 0 aromatic carbocycles. The van der Waals surface area contributed by atoms with E-state index in [-0.39, 0.29) is 36.5 Å². The van der Waals surface area contributed by atoms with Crippen molar-refractivity contribution in [2.45, 2.75) is 0 Å². The van der Waals surface area contributed by atoms with E-state index in [1.165, 1.54) is 0 Å². The average Bonchev–Trinajstić information content (AvgIpc) is 1.89. The minimum Gasteiger partial charge on any atom is -1.00 e. The minimum absolute atomic E-state index is 0. The summed E-state index contributed by atoms with van der Waals surface area (Å²) in [7, 11) is 0. The van der Waals surface area contributed by atoms with Gasteiger partial charge in [-0.25, -0.2) is 0 Å². The van der Waals surface area contributed by atoms with Crippen molar-refractivity contribution >= 4 is 0 Å². The third-order valence-electron chi connectivity index (χ3n) is 1.14. The molecule has 0 aliphatic heterocycles. The van der Waals surface area contributed by atoms with Crippen LogP contribution in [-0.4, -0.2) is 0 Å². The van der Waals surface area contributed by atoms with Crippen molar-refractivity contribution < 1.29 is 36.5 Å². The van der Waals surface area contributed by atoms with Crippen molar-refractivity contribution in [2.24, 2.45) is 0 Å². The van der Waals surface area contributed by atoms with E-state index < -0.39 is 0 Å². The van der Waals surface area contributed by atoms with Gasteiger partial charge in [0.05, 0.1) is 11.6 Å². The van der Waals surface area contributed by atoms with Crippen LogP contribution in [0.4, 0.5) is 0 Å². The predicted molar refractivity (Wildman–Crippen MR) is 36.3 cm³/mol. The second kappa shape index (κ2) is 6.52. The number of halogens is 1. The molecule has 1 radical (unpaired) electrons. The van der Waals surface area contributed by atoms with Gasteiger partial charge >= 0.3 is 0 Å². The van der Waals surface area contributed by atoms with Crippen LogP contribution in [0.3, 0.4) is 0 Å². The zero-order valence-corrected chi connectivity index (χ0v) is 10.6. The summed E-state index contributed by atoms with van der Waals surface area (Å²) in [6.07, 6.45) is 7.26. The first-order valence-electron chi connectivity index (χ1n) is 2.65. The molecular formula is C8H6BrNZn-. The van der Waals surface area contributed by atoms with Crippen molar-refractivity contribution in [3.63, 3.8) is 0 Å². The maximum atomic E-state index is 8.43. The summed E-state index contributed by atoms with van der Waals surface area (Å²) >= 11 is 0.